The van der Waals surface area contributed by atoms with Gasteiger partial charge in [-0.1, -0.05) is 11.6 Å². The molecule has 0 aromatic carbocycles. The normalized spacial score (nSPS) is 10.0. The molecule has 0 radical (unpaired) electrons. The highest BCUT2D eigenvalue weighted by atomic mass is 35.5. The molecule has 0 saturated heterocycles. The molecule has 0 fully saturated rings. The Bertz CT molecular complexity index is 474. The van der Waals surface area contributed by atoms with Gasteiger partial charge in [0.1, 0.15) is 5.15 Å². The predicted octanol–water partition coefficient (Wildman–Crippen LogP) is 2.81. The van der Waals surface area contributed by atoms with Gasteiger partial charge in [0.2, 0.25) is 5.88 Å². The van der Waals surface area contributed by atoms with Gasteiger partial charge in [-0.25, -0.2) is 9.97 Å². The van der Waals surface area contributed by atoms with Gasteiger partial charge in [-0.15, -0.1) is 0 Å². The number of hydrogen-bond acceptors (Lipinski definition) is 3. The van der Waals surface area contributed by atoms with E-state index in [1.54, 1.807) is 19.5 Å². The molecule has 2 rings (SSSR count). The largest absolute Gasteiger partial charge is 0.481 e. The van der Waals surface area contributed by atoms with Gasteiger partial charge in [-0.05, 0) is 23.8 Å². The minimum atomic E-state index is 0.478. The molecule has 2 aromatic heterocycles. The molecule has 0 aliphatic rings. The average molecular weight is 221 g/mol. The van der Waals surface area contributed by atoms with Crippen LogP contribution in [0.3, 0.4) is 0 Å². The molecule has 4 heteroatoms. The van der Waals surface area contributed by atoms with Gasteiger partial charge < -0.3 is 4.74 Å². The number of rotatable bonds is 2. The first-order chi connectivity index (χ1) is 7.31. The van der Waals surface area contributed by atoms with Crippen LogP contribution in [0.2, 0.25) is 5.15 Å². The van der Waals surface area contributed by atoms with Crippen molar-refractivity contribution in [3.8, 4) is 17.0 Å². The fraction of sp³-hybridized carbons (Fsp3) is 0.0909. The smallest absolute Gasteiger partial charge is 0.213 e. The topological polar surface area (TPSA) is 35.0 Å². The van der Waals surface area contributed by atoms with Crippen molar-refractivity contribution in [3.05, 3.63) is 41.8 Å². The van der Waals surface area contributed by atoms with E-state index in [2.05, 4.69) is 9.97 Å². The molecule has 0 unspecified atom stereocenters. The highest BCUT2D eigenvalue weighted by Crippen LogP contribution is 2.26. The Balaban J connectivity index is 2.49. The van der Waals surface area contributed by atoms with E-state index >= 15 is 0 Å². The second-order valence-electron chi connectivity index (χ2n) is 2.93. The molecular formula is C11H9ClN2O. The highest BCUT2D eigenvalue weighted by Gasteiger charge is 2.04. The Morgan fingerprint density at radius 3 is 2.80 bits per heavy atom. The van der Waals surface area contributed by atoms with E-state index in [9.17, 15) is 0 Å². The SMILES string of the molecule is COc1cc(-c2cccnc2Cl)ccn1. The molecule has 2 aromatic rings. The summed E-state index contributed by atoms with van der Waals surface area (Å²) in [5.74, 6) is 0.562. The van der Waals surface area contributed by atoms with Crippen molar-refractivity contribution in [2.24, 2.45) is 0 Å². The molecule has 76 valence electrons. The number of aromatic nitrogens is 2. The second-order valence-corrected chi connectivity index (χ2v) is 3.29. The quantitative estimate of drug-likeness (QED) is 0.730. The summed E-state index contributed by atoms with van der Waals surface area (Å²) in [6.07, 6.45) is 3.34. The van der Waals surface area contributed by atoms with Crippen molar-refractivity contribution in [2.45, 2.75) is 0 Å². The summed E-state index contributed by atoms with van der Waals surface area (Å²) in [5.41, 5.74) is 1.82. The Hall–Kier alpha value is -1.61. The average Bonchev–Trinajstić information content (AvgIpc) is 2.30. The third-order valence-corrected chi connectivity index (χ3v) is 2.32. The van der Waals surface area contributed by atoms with Crippen LogP contribution in [0.15, 0.2) is 36.7 Å². The van der Waals surface area contributed by atoms with Crippen LogP contribution >= 0.6 is 11.6 Å². The zero-order chi connectivity index (χ0) is 10.7. The number of pyridine rings is 2. The molecule has 0 atom stereocenters. The van der Waals surface area contributed by atoms with E-state index in [4.69, 9.17) is 16.3 Å². The van der Waals surface area contributed by atoms with Gasteiger partial charge in [0.15, 0.2) is 0 Å². The molecule has 0 bridgehead atoms. The fourth-order valence-electron chi connectivity index (χ4n) is 1.29. The number of halogens is 1. The van der Waals surface area contributed by atoms with Crippen molar-refractivity contribution in [2.75, 3.05) is 7.11 Å². The lowest BCUT2D eigenvalue weighted by atomic mass is 10.1. The van der Waals surface area contributed by atoms with Gasteiger partial charge in [-0.3, -0.25) is 0 Å². The monoisotopic (exact) mass is 220 g/mol. The molecule has 0 aliphatic carbocycles. The Morgan fingerprint density at radius 2 is 2.07 bits per heavy atom. The summed E-state index contributed by atoms with van der Waals surface area (Å²) < 4.78 is 5.04. The number of nitrogens with zero attached hydrogens (tertiary/aromatic N) is 2. The number of methoxy groups -OCH3 is 1. The lowest BCUT2D eigenvalue weighted by Crippen LogP contribution is -1.88. The van der Waals surface area contributed by atoms with Crippen LogP contribution in [0.25, 0.3) is 11.1 Å². The summed E-state index contributed by atoms with van der Waals surface area (Å²) in [5, 5.41) is 0.478. The van der Waals surface area contributed by atoms with Gasteiger partial charge in [0.05, 0.1) is 7.11 Å². The third-order valence-electron chi connectivity index (χ3n) is 2.01. The van der Waals surface area contributed by atoms with E-state index < -0.39 is 0 Å². The van der Waals surface area contributed by atoms with Gasteiger partial charge in [-0.2, -0.15) is 0 Å². The summed E-state index contributed by atoms with van der Waals surface area (Å²) in [6, 6.07) is 7.44. The van der Waals surface area contributed by atoms with Crippen LogP contribution < -0.4 is 4.74 Å². The fourth-order valence-corrected chi connectivity index (χ4v) is 1.52. The lowest BCUT2D eigenvalue weighted by Gasteiger charge is -2.04. The van der Waals surface area contributed by atoms with E-state index in [0.29, 0.717) is 11.0 Å². The Morgan fingerprint density at radius 1 is 1.20 bits per heavy atom. The zero-order valence-corrected chi connectivity index (χ0v) is 8.90. The molecule has 2 heterocycles. The first-order valence-corrected chi connectivity index (χ1v) is 4.80. The summed E-state index contributed by atoms with van der Waals surface area (Å²) in [6.45, 7) is 0. The van der Waals surface area contributed by atoms with Crippen molar-refractivity contribution < 1.29 is 4.74 Å². The summed E-state index contributed by atoms with van der Waals surface area (Å²) in [7, 11) is 1.58. The van der Waals surface area contributed by atoms with Crippen LogP contribution in [0.1, 0.15) is 0 Å². The van der Waals surface area contributed by atoms with E-state index in [-0.39, 0.29) is 0 Å². The number of hydrogen-bond donors (Lipinski definition) is 0. The van der Waals surface area contributed by atoms with Crippen molar-refractivity contribution in [1.29, 1.82) is 0 Å². The van der Waals surface area contributed by atoms with Crippen LogP contribution in [-0.2, 0) is 0 Å². The molecule has 0 amide bonds. The van der Waals surface area contributed by atoms with Crippen LogP contribution in [0.5, 0.6) is 5.88 Å². The highest BCUT2D eigenvalue weighted by molar-refractivity contribution is 6.32. The summed E-state index contributed by atoms with van der Waals surface area (Å²) >= 11 is 5.98. The molecule has 0 N–H and O–H groups in total. The zero-order valence-electron chi connectivity index (χ0n) is 8.14. The maximum Gasteiger partial charge on any atom is 0.213 e. The minimum absolute atomic E-state index is 0.478. The van der Waals surface area contributed by atoms with Gasteiger partial charge >= 0.3 is 0 Å². The van der Waals surface area contributed by atoms with E-state index in [1.165, 1.54) is 0 Å². The predicted molar refractivity (Wildman–Crippen MR) is 59.0 cm³/mol. The summed E-state index contributed by atoms with van der Waals surface area (Å²) in [4.78, 5) is 8.04. The maximum absolute atomic E-state index is 5.98. The van der Waals surface area contributed by atoms with Gasteiger partial charge in [0.25, 0.3) is 0 Å². The third kappa shape index (κ3) is 2.07. The van der Waals surface area contributed by atoms with E-state index in [0.717, 1.165) is 11.1 Å². The Kier molecular flexibility index (Phi) is 2.83. The van der Waals surface area contributed by atoms with Crippen LogP contribution in [0.4, 0.5) is 0 Å². The molecule has 0 aliphatic heterocycles. The minimum Gasteiger partial charge on any atom is -0.481 e. The Labute approximate surface area is 92.7 Å². The van der Waals surface area contributed by atoms with Crippen molar-refractivity contribution in [1.82, 2.24) is 9.97 Å². The van der Waals surface area contributed by atoms with Crippen molar-refractivity contribution >= 4 is 11.6 Å². The van der Waals surface area contributed by atoms with E-state index in [1.807, 2.05) is 24.3 Å². The molecule has 3 nitrogen and oxygen atoms in total. The second kappa shape index (κ2) is 4.28. The van der Waals surface area contributed by atoms with Crippen LogP contribution in [0, 0.1) is 0 Å². The first-order valence-electron chi connectivity index (χ1n) is 4.42. The van der Waals surface area contributed by atoms with Crippen molar-refractivity contribution in [3.63, 3.8) is 0 Å². The number of ether oxygens (including phenoxy) is 1. The molecule has 0 saturated carbocycles. The molecular weight excluding hydrogens is 212 g/mol. The van der Waals surface area contributed by atoms with Gasteiger partial charge in [0, 0.05) is 24.0 Å². The molecule has 0 spiro atoms. The standard InChI is InChI=1S/C11H9ClN2O/c1-15-10-7-8(4-6-13-10)9-3-2-5-14-11(9)12/h2-7H,1H3. The van der Waals surface area contributed by atoms with Crippen LogP contribution in [-0.4, -0.2) is 17.1 Å². The molecule has 15 heavy (non-hydrogen) atoms. The first kappa shape index (κ1) is 9.93. The maximum atomic E-state index is 5.98. The lowest BCUT2D eigenvalue weighted by molar-refractivity contribution is 0.398.